The van der Waals surface area contributed by atoms with Crippen LogP contribution in [0.15, 0.2) is 71.5 Å². The first-order chi connectivity index (χ1) is 19.0. The van der Waals surface area contributed by atoms with Crippen molar-refractivity contribution in [2.75, 3.05) is 0 Å². The minimum absolute atomic E-state index is 0. The average Bonchev–Trinajstić information content (AvgIpc) is 2.93. The minimum atomic E-state index is -0.703. The Hall–Kier alpha value is -3.72. The van der Waals surface area contributed by atoms with E-state index in [0.717, 1.165) is 17.5 Å². The highest BCUT2D eigenvalue weighted by atomic mass is 35.5. The van der Waals surface area contributed by atoms with Crippen LogP contribution in [0.25, 0.3) is 12.2 Å². The second-order valence-corrected chi connectivity index (χ2v) is 10.6. The smallest absolute Gasteiger partial charge is 0.328 e. The number of allylic oxidation sites excluding steroid dienone is 3. The van der Waals surface area contributed by atoms with Crippen molar-refractivity contribution in [1.29, 1.82) is 0 Å². The number of benzene rings is 2. The van der Waals surface area contributed by atoms with Gasteiger partial charge in [-0.3, -0.25) is 4.79 Å². The van der Waals surface area contributed by atoms with Crippen LogP contribution in [0, 0.1) is 11.8 Å². The van der Waals surface area contributed by atoms with Crippen LogP contribution >= 0.6 is 12.4 Å². The number of carbonyl (C=O) groups is 3. The third kappa shape index (κ3) is 9.42. The second kappa shape index (κ2) is 15.3. The van der Waals surface area contributed by atoms with Crippen LogP contribution in [0.3, 0.4) is 0 Å². The van der Waals surface area contributed by atoms with E-state index in [4.69, 9.17) is 20.9 Å². The van der Waals surface area contributed by atoms with Gasteiger partial charge in [0.25, 0.3) is 0 Å². The fraction of sp³-hybridized carbons (Fsp3) is 0.344. The summed E-state index contributed by atoms with van der Waals surface area (Å²) in [6.07, 6.45) is 6.73. The summed E-state index contributed by atoms with van der Waals surface area (Å²) in [6.45, 7) is 7.39. The quantitative estimate of drug-likeness (QED) is 0.188. The minimum Gasteiger partial charge on any atom is -0.507 e. The van der Waals surface area contributed by atoms with Gasteiger partial charge in [-0.05, 0) is 84.2 Å². The maximum atomic E-state index is 12.9. The lowest BCUT2D eigenvalue weighted by atomic mass is 9.89. The van der Waals surface area contributed by atoms with Gasteiger partial charge >= 0.3 is 11.9 Å². The average molecular weight is 583 g/mol. The van der Waals surface area contributed by atoms with Gasteiger partial charge in [-0.25, -0.2) is 9.59 Å². The Bertz CT molecular complexity index is 1310. The number of hydrogen-bond donors (Lipinski definition) is 3. The van der Waals surface area contributed by atoms with Crippen molar-refractivity contribution in [2.45, 2.75) is 59.0 Å². The molecule has 0 heterocycles. The maximum absolute atomic E-state index is 12.9. The van der Waals surface area contributed by atoms with E-state index in [2.05, 4.69) is 0 Å². The molecule has 5 N–H and O–H groups in total. The topological polar surface area (TPSA) is 142 Å². The van der Waals surface area contributed by atoms with Gasteiger partial charge in [0.1, 0.15) is 29.3 Å². The van der Waals surface area contributed by atoms with Crippen molar-refractivity contribution in [2.24, 2.45) is 23.3 Å². The summed E-state index contributed by atoms with van der Waals surface area (Å²) in [6, 6.07) is 12.2. The fourth-order valence-electron chi connectivity index (χ4n) is 3.93. The Balaban J connectivity index is 0.00000588. The molecule has 9 heteroatoms. The number of carbonyl (C=O) groups excluding carboxylic acids is 3. The van der Waals surface area contributed by atoms with Gasteiger partial charge < -0.3 is 26.0 Å². The van der Waals surface area contributed by atoms with E-state index < -0.39 is 24.0 Å². The lowest BCUT2D eigenvalue weighted by molar-refractivity contribution is -0.137. The van der Waals surface area contributed by atoms with Crippen LogP contribution in [0.5, 0.6) is 11.5 Å². The molecule has 2 unspecified atom stereocenters. The lowest BCUT2D eigenvalue weighted by Gasteiger charge is -2.17. The van der Waals surface area contributed by atoms with Crippen LogP contribution < -0.4 is 20.9 Å². The summed E-state index contributed by atoms with van der Waals surface area (Å²) in [4.78, 5) is 37.0. The van der Waals surface area contributed by atoms with Gasteiger partial charge in [0.2, 0.25) is 0 Å². The number of ether oxygens (including phenoxy) is 2. The molecule has 0 saturated carbocycles. The molecule has 0 radical (unpaired) electrons. The van der Waals surface area contributed by atoms with Gasteiger partial charge in [0.15, 0.2) is 5.78 Å². The van der Waals surface area contributed by atoms with Crippen LogP contribution in [0.2, 0.25) is 0 Å². The van der Waals surface area contributed by atoms with Gasteiger partial charge in [0, 0.05) is 5.57 Å². The third-order valence-electron chi connectivity index (χ3n) is 6.71. The predicted octanol–water partition coefficient (Wildman–Crippen LogP) is 5.55. The molecular formula is C32H39ClN2O6. The Morgan fingerprint density at radius 3 is 1.71 bits per heavy atom. The summed E-state index contributed by atoms with van der Waals surface area (Å²) in [5.74, 6) is -0.578. The SMILES string of the molecule is CC(C)C(N)C(=O)Oc1ccc(/C=C/C(=O)C2=C(O)/C(=C/c3ccc(OC(=O)C(N)C(C)C)cc3)CCC2)cc1.Cl. The van der Waals surface area contributed by atoms with Crippen molar-refractivity contribution >= 4 is 42.3 Å². The van der Waals surface area contributed by atoms with Crippen molar-refractivity contribution in [3.05, 3.63) is 82.6 Å². The zero-order valence-corrected chi connectivity index (χ0v) is 24.6. The van der Waals surface area contributed by atoms with Crippen LogP contribution in [-0.4, -0.2) is 34.9 Å². The van der Waals surface area contributed by atoms with Gasteiger partial charge in [0.05, 0.1) is 0 Å². The van der Waals surface area contributed by atoms with Crippen LogP contribution in [-0.2, 0) is 14.4 Å². The molecule has 0 amide bonds. The van der Waals surface area contributed by atoms with E-state index in [1.165, 1.54) is 6.08 Å². The summed E-state index contributed by atoms with van der Waals surface area (Å²) >= 11 is 0. The Labute approximate surface area is 247 Å². The number of ketones is 1. The van der Waals surface area contributed by atoms with Crippen LogP contribution in [0.1, 0.15) is 58.1 Å². The van der Waals surface area contributed by atoms with E-state index in [-0.39, 0.29) is 35.8 Å². The first-order valence-corrected chi connectivity index (χ1v) is 13.5. The Morgan fingerprint density at radius 2 is 1.24 bits per heavy atom. The largest absolute Gasteiger partial charge is 0.507 e. The zero-order chi connectivity index (χ0) is 29.4. The number of aliphatic hydroxyl groups is 1. The number of hydrogen-bond acceptors (Lipinski definition) is 8. The molecule has 41 heavy (non-hydrogen) atoms. The van der Waals surface area contributed by atoms with E-state index in [1.807, 2.05) is 33.8 Å². The molecule has 3 rings (SSSR count). The molecule has 0 spiro atoms. The van der Waals surface area contributed by atoms with Gasteiger partial charge in [-0.1, -0.05) is 58.0 Å². The number of esters is 2. The van der Waals surface area contributed by atoms with Crippen molar-refractivity contribution in [3.63, 3.8) is 0 Å². The molecule has 2 atom stereocenters. The Kier molecular flexibility index (Phi) is 12.5. The van der Waals surface area contributed by atoms with Crippen molar-refractivity contribution < 1.29 is 29.0 Å². The zero-order valence-electron chi connectivity index (χ0n) is 23.8. The summed E-state index contributed by atoms with van der Waals surface area (Å²) in [7, 11) is 0. The second-order valence-electron chi connectivity index (χ2n) is 10.6. The highest BCUT2D eigenvalue weighted by Gasteiger charge is 2.22. The Morgan fingerprint density at radius 1 is 0.780 bits per heavy atom. The summed E-state index contributed by atoms with van der Waals surface area (Å²) < 4.78 is 10.6. The number of nitrogens with two attached hydrogens (primary N) is 2. The standard InChI is InChI=1S/C32H38N2O6.ClH/c1-19(2)28(33)31(37)39-24-13-8-21(9-14-24)12-17-27(35)26-7-5-6-23(30(26)36)18-22-10-15-25(16-11-22)40-32(38)29(34)20(3)4;/h8-20,28-29,36H,5-7,33-34H2,1-4H3;1H/b17-12+,23-18+;. The van der Waals surface area contributed by atoms with E-state index in [9.17, 15) is 19.5 Å². The monoisotopic (exact) mass is 582 g/mol. The maximum Gasteiger partial charge on any atom is 0.328 e. The number of aliphatic hydroxyl groups excluding tert-OH is 1. The van der Waals surface area contributed by atoms with E-state index in [1.54, 1.807) is 54.6 Å². The van der Waals surface area contributed by atoms with Crippen molar-refractivity contribution in [1.82, 2.24) is 0 Å². The molecule has 0 aliphatic heterocycles. The molecule has 2 aromatic carbocycles. The summed E-state index contributed by atoms with van der Waals surface area (Å²) in [5.41, 5.74) is 14.2. The molecule has 0 saturated heterocycles. The predicted molar refractivity (Wildman–Crippen MR) is 163 cm³/mol. The molecule has 8 nitrogen and oxygen atoms in total. The molecular weight excluding hydrogens is 544 g/mol. The molecule has 220 valence electrons. The highest BCUT2D eigenvalue weighted by Crippen LogP contribution is 2.31. The van der Waals surface area contributed by atoms with E-state index in [0.29, 0.717) is 35.5 Å². The van der Waals surface area contributed by atoms with E-state index >= 15 is 0 Å². The molecule has 0 bridgehead atoms. The van der Waals surface area contributed by atoms with Gasteiger partial charge in [-0.2, -0.15) is 0 Å². The van der Waals surface area contributed by atoms with Gasteiger partial charge in [-0.15, -0.1) is 12.4 Å². The first-order valence-electron chi connectivity index (χ1n) is 13.5. The number of halogens is 1. The number of rotatable bonds is 10. The first kappa shape index (κ1) is 33.5. The van der Waals surface area contributed by atoms with Crippen LogP contribution in [0.4, 0.5) is 0 Å². The molecule has 1 aliphatic rings. The molecule has 1 aliphatic carbocycles. The molecule has 0 fully saturated rings. The molecule has 2 aromatic rings. The third-order valence-corrected chi connectivity index (χ3v) is 6.71. The summed E-state index contributed by atoms with van der Waals surface area (Å²) in [5, 5.41) is 10.9. The van der Waals surface area contributed by atoms with Crippen molar-refractivity contribution in [3.8, 4) is 11.5 Å². The fourth-order valence-corrected chi connectivity index (χ4v) is 3.93. The normalized spacial score (nSPS) is 16.0. The lowest BCUT2D eigenvalue weighted by Crippen LogP contribution is -2.38. The molecule has 0 aromatic heterocycles. The highest BCUT2D eigenvalue weighted by molar-refractivity contribution is 6.07.